The van der Waals surface area contributed by atoms with Gasteiger partial charge in [-0.25, -0.2) is 0 Å². The van der Waals surface area contributed by atoms with E-state index < -0.39 is 0 Å². The SMILES string of the molecule is C1CCOC1.CC.CCC.CCC. The first-order valence-electron chi connectivity index (χ1n) is 5.91. The van der Waals surface area contributed by atoms with Gasteiger partial charge >= 0.3 is 0 Å². The van der Waals surface area contributed by atoms with Crippen molar-refractivity contribution in [3.63, 3.8) is 0 Å². The molecule has 0 aromatic rings. The molecular formula is C12H30O. The van der Waals surface area contributed by atoms with E-state index in [1.165, 1.54) is 25.7 Å². The molecule has 1 saturated heterocycles. The lowest BCUT2D eigenvalue weighted by molar-refractivity contribution is 0.198. The Morgan fingerprint density at radius 2 is 1.00 bits per heavy atom. The molecule has 0 spiro atoms. The highest BCUT2D eigenvalue weighted by atomic mass is 16.5. The second-order valence-electron chi connectivity index (χ2n) is 2.73. The summed E-state index contributed by atoms with van der Waals surface area (Å²) < 4.78 is 4.94. The second-order valence-corrected chi connectivity index (χ2v) is 2.73. The fourth-order valence-electron chi connectivity index (χ4n) is 0.510. The molecule has 0 amide bonds. The monoisotopic (exact) mass is 190 g/mol. The normalized spacial score (nSPS) is 12.5. The fraction of sp³-hybridized carbons (Fsp3) is 1.00. The maximum absolute atomic E-state index is 4.94. The molecule has 0 radical (unpaired) electrons. The highest BCUT2D eigenvalue weighted by Gasteiger charge is 1.94. The lowest BCUT2D eigenvalue weighted by atomic mass is 10.4. The fourth-order valence-corrected chi connectivity index (χ4v) is 0.510. The van der Waals surface area contributed by atoms with E-state index in [1.807, 2.05) is 13.8 Å². The van der Waals surface area contributed by atoms with Crippen LogP contribution in [-0.4, -0.2) is 13.2 Å². The van der Waals surface area contributed by atoms with Crippen molar-refractivity contribution in [3.8, 4) is 0 Å². The maximum atomic E-state index is 4.94. The third kappa shape index (κ3) is 48.2. The van der Waals surface area contributed by atoms with E-state index >= 15 is 0 Å². The van der Waals surface area contributed by atoms with Crippen LogP contribution in [0.25, 0.3) is 0 Å². The summed E-state index contributed by atoms with van der Waals surface area (Å²) in [6.45, 7) is 14.5. The van der Waals surface area contributed by atoms with Crippen LogP contribution in [0.15, 0.2) is 0 Å². The van der Waals surface area contributed by atoms with Crippen molar-refractivity contribution < 1.29 is 4.74 Å². The van der Waals surface area contributed by atoms with Crippen LogP contribution >= 0.6 is 0 Å². The Labute approximate surface area is 85.9 Å². The van der Waals surface area contributed by atoms with Gasteiger partial charge in [0.25, 0.3) is 0 Å². The average Bonchev–Trinajstić information content (AvgIpc) is 2.66. The molecule has 84 valence electrons. The smallest absolute Gasteiger partial charge is 0.0466 e. The van der Waals surface area contributed by atoms with Crippen molar-refractivity contribution in [2.75, 3.05) is 13.2 Å². The molecule has 0 unspecified atom stereocenters. The lowest BCUT2D eigenvalue weighted by Gasteiger charge is -1.76. The first kappa shape index (κ1) is 18.7. The third-order valence-electron chi connectivity index (χ3n) is 0.827. The van der Waals surface area contributed by atoms with Crippen LogP contribution in [0.1, 0.15) is 67.2 Å². The van der Waals surface area contributed by atoms with Gasteiger partial charge in [0.15, 0.2) is 0 Å². The molecule has 0 saturated carbocycles. The van der Waals surface area contributed by atoms with Crippen molar-refractivity contribution in [2.24, 2.45) is 0 Å². The molecule has 1 aliphatic rings. The van der Waals surface area contributed by atoms with Gasteiger partial charge in [-0.3, -0.25) is 0 Å². The minimum absolute atomic E-state index is 1.00. The van der Waals surface area contributed by atoms with Crippen molar-refractivity contribution >= 4 is 0 Å². The highest BCUT2D eigenvalue weighted by Crippen LogP contribution is 1.98. The number of hydrogen-bond acceptors (Lipinski definition) is 1. The summed E-state index contributed by atoms with van der Waals surface area (Å²) in [5.41, 5.74) is 0. The van der Waals surface area contributed by atoms with E-state index in [0.29, 0.717) is 0 Å². The van der Waals surface area contributed by atoms with Crippen LogP contribution in [0.2, 0.25) is 0 Å². The van der Waals surface area contributed by atoms with E-state index in [4.69, 9.17) is 4.74 Å². The van der Waals surface area contributed by atoms with Crippen LogP contribution in [0, 0.1) is 0 Å². The Morgan fingerprint density at radius 1 is 0.769 bits per heavy atom. The molecule has 0 aliphatic carbocycles. The molecule has 0 N–H and O–H groups in total. The molecule has 1 heteroatoms. The average molecular weight is 190 g/mol. The topological polar surface area (TPSA) is 9.23 Å². The Kier molecular flexibility index (Phi) is 42.6. The van der Waals surface area contributed by atoms with Crippen LogP contribution in [0.5, 0.6) is 0 Å². The van der Waals surface area contributed by atoms with E-state index in [0.717, 1.165) is 13.2 Å². The van der Waals surface area contributed by atoms with Crippen LogP contribution in [0.3, 0.4) is 0 Å². The quantitative estimate of drug-likeness (QED) is 0.540. The van der Waals surface area contributed by atoms with Gasteiger partial charge in [0.2, 0.25) is 0 Å². The van der Waals surface area contributed by atoms with Crippen LogP contribution < -0.4 is 0 Å². The number of ether oxygens (including phenoxy) is 1. The van der Waals surface area contributed by atoms with Gasteiger partial charge in [-0.15, -0.1) is 0 Å². The van der Waals surface area contributed by atoms with Crippen molar-refractivity contribution in [2.45, 2.75) is 67.2 Å². The van der Waals surface area contributed by atoms with E-state index in [2.05, 4.69) is 27.7 Å². The van der Waals surface area contributed by atoms with Crippen molar-refractivity contribution in [3.05, 3.63) is 0 Å². The molecule has 1 nitrogen and oxygen atoms in total. The van der Waals surface area contributed by atoms with Gasteiger partial charge in [0.1, 0.15) is 0 Å². The molecular weight excluding hydrogens is 160 g/mol. The largest absolute Gasteiger partial charge is 0.381 e. The highest BCUT2D eigenvalue weighted by molar-refractivity contribution is 4.43. The summed E-state index contributed by atoms with van der Waals surface area (Å²) in [6.07, 6.45) is 5.06. The Morgan fingerprint density at radius 3 is 1.08 bits per heavy atom. The summed E-state index contributed by atoms with van der Waals surface area (Å²) >= 11 is 0. The minimum Gasteiger partial charge on any atom is -0.381 e. The molecule has 1 heterocycles. The van der Waals surface area contributed by atoms with Gasteiger partial charge < -0.3 is 4.74 Å². The summed E-state index contributed by atoms with van der Waals surface area (Å²) in [5, 5.41) is 0. The zero-order chi connectivity index (χ0) is 10.9. The predicted octanol–water partition coefficient (Wildman–Crippen LogP) is 4.66. The number of rotatable bonds is 0. The maximum Gasteiger partial charge on any atom is 0.0466 e. The van der Waals surface area contributed by atoms with Gasteiger partial charge in [-0.1, -0.05) is 54.4 Å². The summed E-state index contributed by atoms with van der Waals surface area (Å²) in [5.74, 6) is 0. The summed E-state index contributed by atoms with van der Waals surface area (Å²) in [7, 11) is 0. The van der Waals surface area contributed by atoms with Gasteiger partial charge in [0, 0.05) is 13.2 Å². The molecule has 1 fully saturated rings. The molecule has 0 aromatic heterocycles. The molecule has 13 heavy (non-hydrogen) atoms. The first-order chi connectivity index (χ1) is 6.33. The molecule has 0 bridgehead atoms. The summed E-state index contributed by atoms with van der Waals surface area (Å²) in [4.78, 5) is 0. The van der Waals surface area contributed by atoms with Crippen molar-refractivity contribution in [1.29, 1.82) is 0 Å². The van der Waals surface area contributed by atoms with Gasteiger partial charge in [-0.05, 0) is 12.8 Å². The third-order valence-corrected chi connectivity index (χ3v) is 0.827. The van der Waals surface area contributed by atoms with E-state index in [1.54, 1.807) is 0 Å². The van der Waals surface area contributed by atoms with E-state index in [-0.39, 0.29) is 0 Å². The Hall–Kier alpha value is -0.0400. The van der Waals surface area contributed by atoms with Crippen LogP contribution in [-0.2, 0) is 4.74 Å². The first-order valence-corrected chi connectivity index (χ1v) is 5.91. The molecule has 1 aliphatic heterocycles. The Bertz CT molecular complexity index is 30.8. The zero-order valence-corrected chi connectivity index (χ0v) is 10.7. The van der Waals surface area contributed by atoms with Gasteiger partial charge in [0.05, 0.1) is 0 Å². The number of hydrogen-bond donors (Lipinski definition) is 0. The molecule has 0 atom stereocenters. The minimum atomic E-state index is 1.00. The standard InChI is InChI=1S/C4H8O.2C3H8.C2H6/c1-2-4-5-3-1;2*1-3-2;1-2/h1-4H2;2*3H2,1-2H3;1-2H3. The second kappa shape index (κ2) is 29.7. The Balaban J connectivity index is -0.000000112. The molecule has 1 rings (SSSR count). The van der Waals surface area contributed by atoms with E-state index in [9.17, 15) is 0 Å². The predicted molar refractivity (Wildman–Crippen MR) is 63.3 cm³/mol. The van der Waals surface area contributed by atoms with Gasteiger partial charge in [-0.2, -0.15) is 0 Å². The van der Waals surface area contributed by atoms with Crippen molar-refractivity contribution in [1.82, 2.24) is 0 Å². The zero-order valence-electron chi connectivity index (χ0n) is 10.7. The summed E-state index contributed by atoms with van der Waals surface area (Å²) in [6, 6.07) is 0. The lowest BCUT2D eigenvalue weighted by Crippen LogP contribution is -1.74. The molecule has 0 aromatic carbocycles. The van der Waals surface area contributed by atoms with Crippen LogP contribution in [0.4, 0.5) is 0 Å².